The second kappa shape index (κ2) is 6.65. The summed E-state index contributed by atoms with van der Waals surface area (Å²) in [6.45, 7) is 2.24. The summed E-state index contributed by atoms with van der Waals surface area (Å²) in [5.41, 5.74) is 0.817. The van der Waals surface area contributed by atoms with Crippen LogP contribution in [0.3, 0.4) is 0 Å². The minimum absolute atomic E-state index is 0.0229. The van der Waals surface area contributed by atoms with E-state index in [0.29, 0.717) is 6.54 Å². The highest BCUT2D eigenvalue weighted by atomic mass is 16.4. The predicted molar refractivity (Wildman–Crippen MR) is 65.0 cm³/mol. The first-order valence-corrected chi connectivity index (χ1v) is 5.43. The molecule has 0 aliphatic carbocycles. The fraction of sp³-hybridized carbons (Fsp3) is 0.333. The second-order valence-corrected chi connectivity index (χ2v) is 3.47. The van der Waals surface area contributed by atoms with E-state index in [2.05, 4.69) is 5.32 Å². The number of carboxylic acid groups (broad SMARTS) is 1. The van der Waals surface area contributed by atoms with Crippen LogP contribution >= 0.6 is 0 Å². The highest BCUT2D eigenvalue weighted by Gasteiger charge is 2.13. The van der Waals surface area contributed by atoms with Gasteiger partial charge in [-0.2, -0.15) is 0 Å². The molecule has 0 saturated carbocycles. The molecule has 0 heterocycles. The lowest BCUT2D eigenvalue weighted by Crippen LogP contribution is -2.39. The predicted octanol–water partition coefficient (Wildman–Crippen LogP) is 0.714. The molecule has 1 amide bonds. The van der Waals surface area contributed by atoms with E-state index in [1.54, 1.807) is 4.90 Å². The van der Waals surface area contributed by atoms with E-state index in [4.69, 9.17) is 5.11 Å². The Morgan fingerprint density at radius 1 is 1.24 bits per heavy atom. The van der Waals surface area contributed by atoms with Gasteiger partial charge < -0.3 is 10.0 Å². The Morgan fingerprint density at radius 2 is 1.88 bits per heavy atom. The van der Waals surface area contributed by atoms with Crippen molar-refractivity contribution in [1.82, 2.24) is 5.32 Å². The first-order valence-electron chi connectivity index (χ1n) is 5.43. The molecule has 1 rings (SSSR count). The Hall–Kier alpha value is -1.88. The Labute approximate surface area is 100 Å². The van der Waals surface area contributed by atoms with Crippen LogP contribution in [0.15, 0.2) is 30.3 Å². The molecule has 0 aromatic heterocycles. The van der Waals surface area contributed by atoms with E-state index in [1.165, 1.54) is 0 Å². The lowest BCUT2D eigenvalue weighted by atomic mass is 10.3. The zero-order valence-electron chi connectivity index (χ0n) is 9.72. The molecule has 5 heteroatoms. The number of carbonyl (C=O) groups excluding carboxylic acids is 1. The van der Waals surface area contributed by atoms with Crippen molar-refractivity contribution in [2.75, 3.05) is 24.5 Å². The van der Waals surface area contributed by atoms with E-state index in [1.807, 2.05) is 37.3 Å². The van der Waals surface area contributed by atoms with Gasteiger partial charge in [0.25, 0.3) is 0 Å². The molecule has 0 aliphatic heterocycles. The molecule has 0 fully saturated rings. The van der Waals surface area contributed by atoms with Crippen LogP contribution in [0.2, 0.25) is 0 Å². The molecule has 1 aromatic rings. The zero-order valence-corrected chi connectivity index (χ0v) is 9.72. The van der Waals surface area contributed by atoms with Gasteiger partial charge in [0.15, 0.2) is 0 Å². The van der Waals surface area contributed by atoms with Crippen LogP contribution < -0.4 is 10.2 Å². The van der Waals surface area contributed by atoms with Gasteiger partial charge in [-0.25, -0.2) is 0 Å². The number of nitrogens with one attached hydrogen (secondary N) is 1. The van der Waals surface area contributed by atoms with Crippen LogP contribution in [-0.4, -0.2) is 36.6 Å². The van der Waals surface area contributed by atoms with Crippen LogP contribution in [0.25, 0.3) is 0 Å². The standard InChI is InChI=1S/C12H16N2O3/c1-2-14(10-6-4-3-5-7-10)11(15)8-13-9-12(16)17/h3-7,13H,2,8-9H2,1H3,(H,16,17). The van der Waals surface area contributed by atoms with E-state index in [-0.39, 0.29) is 19.0 Å². The Kier molecular flexibility index (Phi) is 5.16. The summed E-state index contributed by atoms with van der Waals surface area (Å²) >= 11 is 0. The molecule has 0 aliphatic rings. The number of para-hydroxylation sites is 1. The summed E-state index contributed by atoms with van der Waals surface area (Å²) in [5.74, 6) is -1.11. The van der Waals surface area contributed by atoms with E-state index in [0.717, 1.165) is 5.69 Å². The van der Waals surface area contributed by atoms with Crippen molar-refractivity contribution in [2.24, 2.45) is 0 Å². The quantitative estimate of drug-likeness (QED) is 0.763. The molecule has 0 unspecified atom stereocenters. The number of benzene rings is 1. The molecule has 0 bridgehead atoms. The van der Waals surface area contributed by atoms with Gasteiger partial charge in [0.1, 0.15) is 0 Å². The van der Waals surface area contributed by atoms with Crippen LogP contribution in [0.5, 0.6) is 0 Å². The zero-order chi connectivity index (χ0) is 12.7. The number of aliphatic carboxylic acids is 1. The number of anilines is 1. The third-order valence-corrected chi connectivity index (χ3v) is 2.24. The van der Waals surface area contributed by atoms with E-state index < -0.39 is 5.97 Å². The lowest BCUT2D eigenvalue weighted by molar-refractivity contribution is -0.135. The molecule has 0 spiro atoms. The summed E-state index contributed by atoms with van der Waals surface area (Å²) in [7, 11) is 0. The monoisotopic (exact) mass is 236 g/mol. The minimum Gasteiger partial charge on any atom is -0.480 e. The van der Waals surface area contributed by atoms with Gasteiger partial charge in [-0.05, 0) is 19.1 Å². The number of nitrogens with zero attached hydrogens (tertiary/aromatic N) is 1. The lowest BCUT2D eigenvalue weighted by Gasteiger charge is -2.20. The number of hydrogen-bond acceptors (Lipinski definition) is 3. The molecule has 2 N–H and O–H groups in total. The second-order valence-electron chi connectivity index (χ2n) is 3.47. The van der Waals surface area contributed by atoms with Crippen molar-refractivity contribution in [2.45, 2.75) is 6.92 Å². The van der Waals surface area contributed by atoms with Crippen LogP contribution in [0.1, 0.15) is 6.92 Å². The minimum atomic E-state index is -0.972. The van der Waals surface area contributed by atoms with Crippen molar-refractivity contribution < 1.29 is 14.7 Å². The number of rotatable bonds is 6. The molecule has 92 valence electrons. The number of likely N-dealkylation sites (N-methyl/N-ethyl adjacent to an activating group) is 1. The van der Waals surface area contributed by atoms with Gasteiger partial charge in [-0.15, -0.1) is 0 Å². The van der Waals surface area contributed by atoms with Crippen molar-refractivity contribution in [3.05, 3.63) is 30.3 Å². The topological polar surface area (TPSA) is 69.6 Å². The van der Waals surface area contributed by atoms with Crippen LogP contribution in [0.4, 0.5) is 5.69 Å². The maximum absolute atomic E-state index is 11.8. The summed E-state index contributed by atoms with van der Waals surface area (Å²) in [6.07, 6.45) is 0. The first kappa shape index (κ1) is 13.2. The smallest absolute Gasteiger partial charge is 0.317 e. The number of carbonyl (C=O) groups is 2. The number of hydrogen-bond donors (Lipinski definition) is 2. The van der Waals surface area contributed by atoms with Crippen LogP contribution in [0, 0.1) is 0 Å². The van der Waals surface area contributed by atoms with Gasteiger partial charge in [0.2, 0.25) is 5.91 Å². The molecule has 0 atom stereocenters. The maximum atomic E-state index is 11.8. The maximum Gasteiger partial charge on any atom is 0.317 e. The number of amides is 1. The van der Waals surface area contributed by atoms with Gasteiger partial charge >= 0.3 is 5.97 Å². The Balaban J connectivity index is 2.56. The third kappa shape index (κ3) is 4.24. The Bertz CT molecular complexity index is 379. The SMILES string of the molecule is CCN(C(=O)CNCC(=O)O)c1ccccc1. The fourth-order valence-electron chi connectivity index (χ4n) is 1.48. The van der Waals surface area contributed by atoms with Crippen molar-refractivity contribution in [3.8, 4) is 0 Å². The van der Waals surface area contributed by atoms with Gasteiger partial charge in [0, 0.05) is 12.2 Å². The molecule has 5 nitrogen and oxygen atoms in total. The van der Waals surface area contributed by atoms with E-state index >= 15 is 0 Å². The largest absolute Gasteiger partial charge is 0.480 e. The first-order chi connectivity index (χ1) is 8.15. The van der Waals surface area contributed by atoms with Crippen molar-refractivity contribution in [1.29, 1.82) is 0 Å². The normalized spacial score (nSPS) is 9.94. The molecule has 17 heavy (non-hydrogen) atoms. The summed E-state index contributed by atoms with van der Waals surface area (Å²) in [6, 6.07) is 9.29. The Morgan fingerprint density at radius 3 is 2.41 bits per heavy atom. The van der Waals surface area contributed by atoms with Gasteiger partial charge in [-0.1, -0.05) is 18.2 Å². The fourth-order valence-corrected chi connectivity index (χ4v) is 1.48. The van der Waals surface area contributed by atoms with E-state index in [9.17, 15) is 9.59 Å². The highest BCUT2D eigenvalue weighted by molar-refractivity contribution is 5.94. The highest BCUT2D eigenvalue weighted by Crippen LogP contribution is 2.12. The molecule has 0 saturated heterocycles. The summed E-state index contributed by atoms with van der Waals surface area (Å²) in [4.78, 5) is 23.7. The molecular formula is C12H16N2O3. The summed E-state index contributed by atoms with van der Waals surface area (Å²) in [5, 5.41) is 11.0. The average Bonchev–Trinajstić information content (AvgIpc) is 2.31. The third-order valence-electron chi connectivity index (χ3n) is 2.24. The molecule has 1 aromatic carbocycles. The number of carboxylic acids is 1. The van der Waals surface area contributed by atoms with Gasteiger partial charge in [-0.3, -0.25) is 14.9 Å². The molecule has 0 radical (unpaired) electrons. The van der Waals surface area contributed by atoms with Crippen molar-refractivity contribution in [3.63, 3.8) is 0 Å². The average molecular weight is 236 g/mol. The summed E-state index contributed by atoms with van der Waals surface area (Å²) < 4.78 is 0. The van der Waals surface area contributed by atoms with Crippen molar-refractivity contribution >= 4 is 17.6 Å². The molecular weight excluding hydrogens is 220 g/mol. The van der Waals surface area contributed by atoms with Gasteiger partial charge in [0.05, 0.1) is 13.1 Å². The van der Waals surface area contributed by atoms with Crippen LogP contribution in [-0.2, 0) is 9.59 Å².